The van der Waals surface area contributed by atoms with Gasteiger partial charge in [-0.1, -0.05) is 18.2 Å². The van der Waals surface area contributed by atoms with E-state index in [0.29, 0.717) is 11.3 Å². The summed E-state index contributed by atoms with van der Waals surface area (Å²) in [5, 5.41) is 9.60. The van der Waals surface area contributed by atoms with Gasteiger partial charge in [0.15, 0.2) is 5.65 Å². The summed E-state index contributed by atoms with van der Waals surface area (Å²) in [6, 6.07) is 11.9. The molecule has 0 bridgehead atoms. The van der Waals surface area contributed by atoms with E-state index in [2.05, 4.69) is 51.6 Å². The molecule has 0 unspecified atom stereocenters. The zero-order chi connectivity index (χ0) is 21.9. The van der Waals surface area contributed by atoms with Gasteiger partial charge < -0.3 is 10.3 Å². The molecule has 0 saturated heterocycles. The van der Waals surface area contributed by atoms with Crippen LogP contribution in [0.3, 0.4) is 0 Å². The van der Waals surface area contributed by atoms with Crippen LogP contribution in [0.15, 0.2) is 55.0 Å². The molecule has 32 heavy (non-hydrogen) atoms. The van der Waals surface area contributed by atoms with Crippen molar-refractivity contribution in [1.82, 2.24) is 24.6 Å². The van der Waals surface area contributed by atoms with E-state index in [1.54, 1.807) is 6.20 Å². The summed E-state index contributed by atoms with van der Waals surface area (Å²) >= 11 is 0. The maximum absolute atomic E-state index is 13.8. The molecule has 0 fully saturated rings. The van der Waals surface area contributed by atoms with Crippen molar-refractivity contribution in [1.29, 1.82) is 0 Å². The molecule has 0 spiro atoms. The van der Waals surface area contributed by atoms with Gasteiger partial charge in [-0.05, 0) is 50.8 Å². The molecule has 1 aliphatic rings. The first-order valence-corrected chi connectivity index (χ1v) is 10.8. The molecule has 4 aromatic heterocycles. The Hall–Kier alpha value is -3.74. The van der Waals surface area contributed by atoms with Crippen LogP contribution in [0.25, 0.3) is 27.8 Å². The van der Waals surface area contributed by atoms with Crippen LogP contribution in [0, 0.1) is 12.7 Å². The van der Waals surface area contributed by atoms with Crippen molar-refractivity contribution in [3.63, 3.8) is 0 Å². The number of fused-ring (bicyclic) bond motifs is 4. The average molecular weight is 426 g/mol. The number of aromatic nitrogens is 5. The van der Waals surface area contributed by atoms with Gasteiger partial charge in [0.25, 0.3) is 0 Å². The van der Waals surface area contributed by atoms with E-state index in [1.165, 1.54) is 34.4 Å². The number of aromatic amines is 1. The third kappa shape index (κ3) is 3.04. The summed E-state index contributed by atoms with van der Waals surface area (Å²) < 4.78 is 15.7. The lowest BCUT2D eigenvalue weighted by atomic mass is 9.81. The quantitative estimate of drug-likeness (QED) is 0.422. The highest BCUT2D eigenvalue weighted by molar-refractivity contribution is 5.85. The average Bonchev–Trinajstić information content (AvgIpc) is 3.34. The number of aryl methyl sites for hydroxylation is 2. The molecule has 0 aliphatic heterocycles. The Morgan fingerprint density at radius 1 is 1.16 bits per heavy atom. The topological polar surface area (TPSA) is 70.9 Å². The molecule has 1 atom stereocenters. The van der Waals surface area contributed by atoms with E-state index >= 15 is 0 Å². The molecule has 7 heteroatoms. The fraction of sp³-hybridized carbons (Fsp3) is 0.240. The number of H-pyrrole nitrogens is 1. The summed E-state index contributed by atoms with van der Waals surface area (Å²) in [6.07, 6.45) is 7.49. The van der Waals surface area contributed by atoms with E-state index in [1.807, 2.05) is 23.7 Å². The SMILES string of the molecule is Cc1cnn2c(N[C@@]3(C)CCc4[nH]c5ccccc5c4C3)cc(-c3cncc(F)c3)nc12. The molecule has 6 rings (SSSR count). The first kappa shape index (κ1) is 19.0. The standard InChI is InChI=1S/C25H23FN6/c1-15-12-28-32-23(10-22(30-24(15)32)16-9-17(26)14-27-13-16)31-25(2)8-7-21-19(11-25)18-5-3-4-6-20(18)29-21/h3-6,9-10,12-14,29,31H,7-8,11H2,1-2H3/t25-/m0/s1. The normalized spacial score (nSPS) is 18.2. The van der Waals surface area contributed by atoms with Crippen LogP contribution in [0.4, 0.5) is 10.2 Å². The minimum atomic E-state index is -0.380. The first-order chi connectivity index (χ1) is 15.5. The van der Waals surface area contributed by atoms with Crippen molar-refractivity contribution in [3.8, 4) is 11.3 Å². The van der Waals surface area contributed by atoms with E-state index in [0.717, 1.165) is 36.3 Å². The zero-order valence-electron chi connectivity index (χ0n) is 18.0. The molecule has 6 nitrogen and oxygen atoms in total. The van der Waals surface area contributed by atoms with Gasteiger partial charge in [0.2, 0.25) is 0 Å². The summed E-state index contributed by atoms with van der Waals surface area (Å²) in [6.45, 7) is 4.23. The third-order valence-electron chi connectivity index (χ3n) is 6.47. The van der Waals surface area contributed by atoms with E-state index < -0.39 is 0 Å². The van der Waals surface area contributed by atoms with Crippen molar-refractivity contribution < 1.29 is 4.39 Å². The summed E-state index contributed by atoms with van der Waals surface area (Å²) in [7, 11) is 0. The Morgan fingerprint density at radius 2 is 2.03 bits per heavy atom. The smallest absolute Gasteiger partial charge is 0.160 e. The summed E-state index contributed by atoms with van der Waals surface area (Å²) in [5.74, 6) is 0.461. The van der Waals surface area contributed by atoms with Crippen LogP contribution in [0.2, 0.25) is 0 Å². The van der Waals surface area contributed by atoms with Gasteiger partial charge in [0.05, 0.1) is 18.1 Å². The number of halogens is 1. The van der Waals surface area contributed by atoms with E-state index in [9.17, 15) is 4.39 Å². The van der Waals surface area contributed by atoms with Crippen molar-refractivity contribution in [3.05, 3.63) is 77.6 Å². The minimum absolute atomic E-state index is 0.163. The lowest BCUT2D eigenvalue weighted by molar-refractivity contribution is 0.442. The van der Waals surface area contributed by atoms with Gasteiger partial charge in [-0.25, -0.2) is 9.37 Å². The highest BCUT2D eigenvalue weighted by atomic mass is 19.1. The maximum Gasteiger partial charge on any atom is 0.160 e. The number of hydrogen-bond donors (Lipinski definition) is 2. The van der Waals surface area contributed by atoms with Crippen LogP contribution in [-0.4, -0.2) is 30.1 Å². The second kappa shape index (κ2) is 6.88. The van der Waals surface area contributed by atoms with Gasteiger partial charge in [-0.15, -0.1) is 0 Å². The number of anilines is 1. The molecule has 4 heterocycles. The highest BCUT2D eigenvalue weighted by Crippen LogP contribution is 2.36. The maximum atomic E-state index is 13.8. The number of benzene rings is 1. The highest BCUT2D eigenvalue weighted by Gasteiger charge is 2.33. The third-order valence-corrected chi connectivity index (χ3v) is 6.47. The van der Waals surface area contributed by atoms with Crippen LogP contribution in [0.5, 0.6) is 0 Å². The predicted molar refractivity (Wildman–Crippen MR) is 123 cm³/mol. The molecule has 5 aromatic rings. The molecule has 2 N–H and O–H groups in total. The number of nitrogens with zero attached hydrogens (tertiary/aromatic N) is 4. The number of hydrogen-bond acceptors (Lipinski definition) is 4. The molecule has 0 saturated carbocycles. The van der Waals surface area contributed by atoms with Gasteiger partial charge in [-0.3, -0.25) is 4.98 Å². The van der Waals surface area contributed by atoms with Crippen molar-refractivity contribution in [2.45, 2.75) is 38.6 Å². The van der Waals surface area contributed by atoms with Crippen LogP contribution < -0.4 is 5.32 Å². The Bertz CT molecular complexity index is 1480. The van der Waals surface area contributed by atoms with Crippen molar-refractivity contribution >= 4 is 22.4 Å². The van der Waals surface area contributed by atoms with E-state index in [-0.39, 0.29) is 11.4 Å². The fourth-order valence-corrected chi connectivity index (χ4v) is 4.83. The fourth-order valence-electron chi connectivity index (χ4n) is 4.83. The lowest BCUT2D eigenvalue weighted by Gasteiger charge is -2.35. The lowest BCUT2D eigenvalue weighted by Crippen LogP contribution is -2.41. The van der Waals surface area contributed by atoms with Gasteiger partial charge in [0, 0.05) is 45.5 Å². The number of rotatable bonds is 3. The second-order valence-electron chi connectivity index (χ2n) is 8.97. The Morgan fingerprint density at radius 3 is 2.91 bits per heavy atom. The van der Waals surface area contributed by atoms with Crippen molar-refractivity contribution in [2.24, 2.45) is 0 Å². The predicted octanol–water partition coefficient (Wildman–Crippen LogP) is 5.08. The zero-order valence-corrected chi connectivity index (χ0v) is 18.0. The molecular formula is C25H23FN6. The molecule has 1 aliphatic carbocycles. The molecule has 1 aromatic carbocycles. The molecule has 160 valence electrons. The second-order valence-corrected chi connectivity index (χ2v) is 8.97. The van der Waals surface area contributed by atoms with E-state index in [4.69, 9.17) is 4.98 Å². The molecule has 0 amide bonds. The Kier molecular flexibility index (Phi) is 4.08. The van der Waals surface area contributed by atoms with Crippen molar-refractivity contribution in [2.75, 3.05) is 5.32 Å². The number of nitrogens with one attached hydrogen (secondary N) is 2. The van der Waals surface area contributed by atoms with Gasteiger partial charge in [0.1, 0.15) is 11.6 Å². The Balaban J connectivity index is 1.43. The molecule has 0 radical (unpaired) electrons. The molecular weight excluding hydrogens is 403 g/mol. The first-order valence-electron chi connectivity index (χ1n) is 10.8. The van der Waals surface area contributed by atoms with Gasteiger partial charge in [-0.2, -0.15) is 9.61 Å². The largest absolute Gasteiger partial charge is 0.364 e. The number of para-hydroxylation sites is 1. The van der Waals surface area contributed by atoms with Crippen LogP contribution in [-0.2, 0) is 12.8 Å². The summed E-state index contributed by atoms with van der Waals surface area (Å²) in [4.78, 5) is 12.3. The summed E-state index contributed by atoms with van der Waals surface area (Å²) in [5.41, 5.74) is 6.76. The van der Waals surface area contributed by atoms with Crippen LogP contribution >= 0.6 is 0 Å². The van der Waals surface area contributed by atoms with Crippen LogP contribution in [0.1, 0.15) is 30.2 Å². The van der Waals surface area contributed by atoms with Gasteiger partial charge >= 0.3 is 0 Å². The monoisotopic (exact) mass is 426 g/mol. The minimum Gasteiger partial charge on any atom is -0.364 e. The Labute approximate surface area is 184 Å². The number of pyridine rings is 1.